The summed E-state index contributed by atoms with van der Waals surface area (Å²) in [7, 11) is 0. The van der Waals surface area contributed by atoms with E-state index in [1.54, 1.807) is 36.4 Å². The minimum absolute atomic E-state index is 0.109. The average Bonchev–Trinajstić information content (AvgIpc) is 2.86. The zero-order valence-corrected chi connectivity index (χ0v) is 20.4. The predicted octanol–water partition coefficient (Wildman–Crippen LogP) is 6.20. The highest BCUT2D eigenvalue weighted by Gasteiger charge is 2.12. The van der Waals surface area contributed by atoms with Gasteiger partial charge in [-0.2, -0.15) is 0 Å². The van der Waals surface area contributed by atoms with Gasteiger partial charge in [-0.25, -0.2) is 14.4 Å². The number of anilines is 4. The van der Waals surface area contributed by atoms with Crippen LogP contribution in [0.3, 0.4) is 0 Å². The molecule has 8 heteroatoms. The molecule has 5 N–H and O–H groups in total. The molecular formula is C29H26N4O4. The van der Waals surface area contributed by atoms with Crippen molar-refractivity contribution in [1.29, 1.82) is 0 Å². The molecule has 0 spiro atoms. The molecule has 0 radical (unpaired) electrons. The third-order valence-corrected chi connectivity index (χ3v) is 4.76. The largest absolute Gasteiger partial charge is 0.478 e. The zero-order valence-electron chi connectivity index (χ0n) is 20.4. The fourth-order valence-corrected chi connectivity index (χ4v) is 3.21. The highest BCUT2D eigenvalue weighted by molar-refractivity contribution is 6.04. The molecule has 4 amide bonds. The molecule has 3 rings (SSSR count). The number of carbonyl (C=O) groups is 3. The van der Waals surface area contributed by atoms with Crippen molar-refractivity contribution < 1.29 is 19.5 Å². The SMILES string of the molecule is CCC#Cc1cccc(NC(=O)Nc2cc(NC(=O)Nc3cccc(C#CCC)c3)cc(C(=O)O)c2)c1. The number of aromatic carboxylic acids is 1. The quantitative estimate of drug-likeness (QED) is 0.271. The number of amides is 4. The third-order valence-electron chi connectivity index (χ3n) is 4.76. The summed E-state index contributed by atoms with van der Waals surface area (Å²) in [5.74, 6) is 10.7. The van der Waals surface area contributed by atoms with Gasteiger partial charge in [-0.15, -0.1) is 0 Å². The van der Waals surface area contributed by atoms with Crippen molar-refractivity contribution >= 4 is 40.8 Å². The number of carboxylic acids is 1. The molecule has 0 aromatic heterocycles. The monoisotopic (exact) mass is 494 g/mol. The van der Waals surface area contributed by atoms with Crippen LogP contribution in [0.5, 0.6) is 0 Å². The lowest BCUT2D eigenvalue weighted by Crippen LogP contribution is -2.21. The van der Waals surface area contributed by atoms with E-state index in [9.17, 15) is 19.5 Å². The van der Waals surface area contributed by atoms with E-state index in [0.717, 1.165) is 11.1 Å². The van der Waals surface area contributed by atoms with Crippen molar-refractivity contribution in [3.05, 3.63) is 83.4 Å². The number of nitrogens with one attached hydrogen (secondary N) is 4. The molecule has 0 saturated carbocycles. The summed E-state index contributed by atoms with van der Waals surface area (Å²) >= 11 is 0. The molecule has 0 aliphatic carbocycles. The molecule has 0 fully saturated rings. The Labute approximate surface area is 215 Å². The fourth-order valence-electron chi connectivity index (χ4n) is 3.21. The van der Waals surface area contributed by atoms with E-state index >= 15 is 0 Å². The number of carbonyl (C=O) groups excluding carboxylic acids is 2. The van der Waals surface area contributed by atoms with E-state index in [0.29, 0.717) is 24.2 Å². The summed E-state index contributed by atoms with van der Waals surface area (Å²) in [5, 5.41) is 20.1. The molecule has 0 saturated heterocycles. The maximum atomic E-state index is 12.6. The van der Waals surface area contributed by atoms with E-state index in [1.807, 2.05) is 26.0 Å². The Balaban J connectivity index is 1.71. The van der Waals surface area contributed by atoms with Crippen LogP contribution in [-0.2, 0) is 0 Å². The second-order valence-corrected chi connectivity index (χ2v) is 7.73. The molecule has 8 nitrogen and oxygen atoms in total. The summed E-state index contributed by atoms with van der Waals surface area (Å²) < 4.78 is 0. The van der Waals surface area contributed by atoms with E-state index in [2.05, 4.69) is 44.9 Å². The molecule has 3 aromatic carbocycles. The summed E-state index contributed by atoms with van der Waals surface area (Å²) in [6.45, 7) is 3.89. The van der Waals surface area contributed by atoms with Crippen LogP contribution in [0, 0.1) is 23.7 Å². The van der Waals surface area contributed by atoms with Gasteiger partial charge in [0.15, 0.2) is 0 Å². The van der Waals surface area contributed by atoms with Crippen LogP contribution in [0.15, 0.2) is 66.7 Å². The average molecular weight is 495 g/mol. The van der Waals surface area contributed by atoms with Gasteiger partial charge in [0.05, 0.1) is 5.56 Å². The highest BCUT2D eigenvalue weighted by atomic mass is 16.4. The third kappa shape index (κ3) is 8.50. The minimum atomic E-state index is -1.21. The normalized spacial score (nSPS) is 9.57. The molecule has 186 valence electrons. The Morgan fingerprint density at radius 1 is 0.649 bits per heavy atom. The van der Waals surface area contributed by atoms with Crippen LogP contribution in [0.25, 0.3) is 0 Å². The van der Waals surface area contributed by atoms with E-state index in [4.69, 9.17) is 0 Å². The Bertz CT molecular complexity index is 1340. The lowest BCUT2D eigenvalue weighted by Gasteiger charge is -2.12. The first kappa shape index (κ1) is 26.4. The van der Waals surface area contributed by atoms with Gasteiger partial charge in [0.25, 0.3) is 0 Å². The smallest absolute Gasteiger partial charge is 0.335 e. The van der Waals surface area contributed by atoms with E-state index < -0.39 is 18.0 Å². The molecule has 0 aliphatic rings. The van der Waals surface area contributed by atoms with Gasteiger partial charge < -0.3 is 26.4 Å². The van der Waals surface area contributed by atoms with Gasteiger partial charge in [-0.3, -0.25) is 0 Å². The van der Waals surface area contributed by atoms with Gasteiger partial charge in [0.1, 0.15) is 0 Å². The van der Waals surface area contributed by atoms with E-state index in [1.165, 1.54) is 18.2 Å². The van der Waals surface area contributed by atoms with Crippen molar-refractivity contribution in [3.63, 3.8) is 0 Å². The first-order chi connectivity index (χ1) is 17.9. The zero-order chi connectivity index (χ0) is 26.6. The maximum absolute atomic E-state index is 12.6. The summed E-state index contributed by atoms with van der Waals surface area (Å²) in [6.07, 6.45) is 1.43. The van der Waals surface area contributed by atoms with Crippen LogP contribution in [0.2, 0.25) is 0 Å². The number of rotatable bonds is 5. The van der Waals surface area contributed by atoms with Gasteiger partial charge in [-0.05, 0) is 54.6 Å². The number of hydrogen-bond acceptors (Lipinski definition) is 3. The molecular weight excluding hydrogens is 468 g/mol. The van der Waals surface area contributed by atoms with Crippen molar-refractivity contribution in [2.45, 2.75) is 26.7 Å². The molecule has 0 aliphatic heterocycles. The number of carboxylic acid groups (broad SMARTS) is 1. The Hall–Kier alpha value is -5.21. The lowest BCUT2D eigenvalue weighted by molar-refractivity contribution is 0.0697. The molecule has 0 heterocycles. The summed E-state index contributed by atoms with van der Waals surface area (Å²) in [6, 6.07) is 17.0. The molecule has 37 heavy (non-hydrogen) atoms. The highest BCUT2D eigenvalue weighted by Crippen LogP contribution is 2.21. The molecule has 0 unspecified atom stereocenters. The Morgan fingerprint density at radius 3 is 1.49 bits per heavy atom. The van der Waals surface area contributed by atoms with E-state index in [-0.39, 0.29) is 16.9 Å². The van der Waals surface area contributed by atoms with Crippen LogP contribution >= 0.6 is 0 Å². The molecule has 0 atom stereocenters. The number of benzene rings is 3. The van der Waals surface area contributed by atoms with Crippen molar-refractivity contribution in [1.82, 2.24) is 0 Å². The van der Waals surface area contributed by atoms with Crippen LogP contribution in [-0.4, -0.2) is 23.1 Å². The van der Waals surface area contributed by atoms with Crippen molar-refractivity contribution in [2.24, 2.45) is 0 Å². The van der Waals surface area contributed by atoms with Crippen molar-refractivity contribution in [3.8, 4) is 23.7 Å². The Kier molecular flexibility index (Phi) is 9.30. The fraction of sp³-hybridized carbons (Fsp3) is 0.138. The van der Waals surface area contributed by atoms with Crippen LogP contribution < -0.4 is 21.3 Å². The van der Waals surface area contributed by atoms with Gasteiger partial charge >= 0.3 is 18.0 Å². The topological polar surface area (TPSA) is 120 Å². The standard InChI is InChI=1S/C29H26N4O4/c1-3-5-9-20-11-7-13-23(15-20)30-28(36)32-25-17-22(27(34)35)18-26(19-25)33-29(37)31-24-14-8-12-21(16-24)10-6-4-2/h7-8,11-19H,3-4H2,1-2H3,(H,34,35)(H2,30,32,36)(H2,31,33,37). The van der Waals surface area contributed by atoms with Crippen LogP contribution in [0.1, 0.15) is 48.2 Å². The van der Waals surface area contributed by atoms with Gasteiger partial charge in [0, 0.05) is 46.7 Å². The number of urea groups is 2. The minimum Gasteiger partial charge on any atom is -0.478 e. The van der Waals surface area contributed by atoms with Crippen LogP contribution in [0.4, 0.5) is 32.3 Å². The number of hydrogen-bond donors (Lipinski definition) is 5. The lowest BCUT2D eigenvalue weighted by atomic mass is 10.1. The molecule has 0 bridgehead atoms. The summed E-state index contributed by atoms with van der Waals surface area (Å²) in [5.41, 5.74) is 2.83. The second kappa shape index (κ2) is 13.0. The first-order valence-electron chi connectivity index (χ1n) is 11.6. The maximum Gasteiger partial charge on any atom is 0.335 e. The summed E-state index contributed by atoms with van der Waals surface area (Å²) in [4.78, 5) is 36.7. The second-order valence-electron chi connectivity index (χ2n) is 7.73. The van der Waals surface area contributed by atoms with Crippen molar-refractivity contribution in [2.75, 3.05) is 21.3 Å². The first-order valence-corrected chi connectivity index (χ1v) is 11.6. The Morgan fingerprint density at radius 2 is 1.08 bits per heavy atom. The van der Waals surface area contributed by atoms with Gasteiger partial charge in [-0.1, -0.05) is 49.7 Å². The predicted molar refractivity (Wildman–Crippen MR) is 146 cm³/mol. The molecule has 3 aromatic rings. The van der Waals surface area contributed by atoms with Gasteiger partial charge in [0.2, 0.25) is 0 Å².